The van der Waals surface area contributed by atoms with Gasteiger partial charge in [0.15, 0.2) is 0 Å². The van der Waals surface area contributed by atoms with Crippen LogP contribution in [0.15, 0.2) is 36.5 Å². The molecule has 0 amide bonds. The Morgan fingerprint density at radius 1 is 1.39 bits per heavy atom. The van der Waals surface area contributed by atoms with Gasteiger partial charge < -0.3 is 14.9 Å². The number of aliphatic hydroxyl groups excluding tert-OH is 1. The van der Waals surface area contributed by atoms with Crippen LogP contribution in [0.5, 0.6) is 5.75 Å². The summed E-state index contributed by atoms with van der Waals surface area (Å²) in [6.07, 6.45) is 0.376. The molecule has 2 aromatic rings. The molecule has 1 atom stereocenters. The van der Waals surface area contributed by atoms with Crippen LogP contribution in [-0.2, 0) is 4.79 Å². The lowest BCUT2D eigenvalue weighted by Crippen LogP contribution is -2.21. The van der Waals surface area contributed by atoms with Gasteiger partial charge in [-0.2, -0.15) is 0 Å². The van der Waals surface area contributed by atoms with Crippen LogP contribution >= 0.6 is 0 Å². The number of pyridine rings is 1. The summed E-state index contributed by atoms with van der Waals surface area (Å²) in [7, 11) is 0. The number of hydrogen-bond donors (Lipinski definition) is 2. The first kappa shape index (κ1) is 12.3. The van der Waals surface area contributed by atoms with E-state index in [1.54, 1.807) is 18.3 Å². The maximum atomic E-state index is 10.4. The average Bonchev–Trinajstić information content (AvgIpc) is 2.35. The first-order valence-corrected chi connectivity index (χ1v) is 5.52. The number of aromatic nitrogens is 1. The number of rotatable bonds is 5. The van der Waals surface area contributed by atoms with Crippen molar-refractivity contribution in [2.24, 2.45) is 0 Å². The molecule has 0 aliphatic heterocycles. The van der Waals surface area contributed by atoms with Gasteiger partial charge in [-0.25, -0.2) is 0 Å². The van der Waals surface area contributed by atoms with Crippen LogP contribution in [0, 0.1) is 0 Å². The highest BCUT2D eigenvalue weighted by molar-refractivity contribution is 5.79. The number of fused-ring (bicyclic) bond motifs is 1. The topological polar surface area (TPSA) is 79.7 Å². The molecule has 0 saturated carbocycles. The minimum atomic E-state index is -1.05. The quantitative estimate of drug-likeness (QED) is 0.835. The summed E-state index contributed by atoms with van der Waals surface area (Å²) < 4.78 is 5.34. The fourth-order valence-electron chi connectivity index (χ4n) is 1.60. The third-order valence-electron chi connectivity index (χ3n) is 2.43. The maximum absolute atomic E-state index is 10.4. The van der Waals surface area contributed by atoms with Gasteiger partial charge >= 0.3 is 5.97 Å². The molecule has 5 heteroatoms. The van der Waals surface area contributed by atoms with E-state index in [4.69, 9.17) is 9.84 Å². The summed E-state index contributed by atoms with van der Waals surface area (Å²) in [6.45, 7) is -0.0436. The van der Waals surface area contributed by atoms with Gasteiger partial charge in [-0.3, -0.25) is 9.78 Å². The van der Waals surface area contributed by atoms with Gasteiger partial charge in [0, 0.05) is 11.6 Å². The van der Waals surface area contributed by atoms with Crippen molar-refractivity contribution >= 4 is 16.9 Å². The van der Waals surface area contributed by atoms with E-state index in [1.807, 2.05) is 18.2 Å². The first-order chi connectivity index (χ1) is 8.65. The zero-order chi connectivity index (χ0) is 13.0. The Labute approximate surface area is 104 Å². The predicted molar refractivity (Wildman–Crippen MR) is 65.5 cm³/mol. The van der Waals surface area contributed by atoms with Gasteiger partial charge in [-0.15, -0.1) is 0 Å². The van der Waals surface area contributed by atoms with Crippen LogP contribution in [0.3, 0.4) is 0 Å². The Bertz CT molecular complexity index is 555. The molecule has 0 aliphatic carbocycles. The van der Waals surface area contributed by atoms with Crippen LogP contribution in [-0.4, -0.2) is 33.9 Å². The Hall–Kier alpha value is -2.14. The zero-order valence-corrected chi connectivity index (χ0v) is 9.61. The van der Waals surface area contributed by atoms with E-state index in [-0.39, 0.29) is 13.0 Å². The smallest absolute Gasteiger partial charge is 0.306 e. The molecule has 1 heterocycles. The highest BCUT2D eigenvalue weighted by Crippen LogP contribution is 2.19. The Kier molecular flexibility index (Phi) is 3.74. The van der Waals surface area contributed by atoms with Gasteiger partial charge in [0.25, 0.3) is 0 Å². The predicted octanol–water partition coefficient (Wildman–Crippen LogP) is 1.45. The van der Waals surface area contributed by atoms with Crippen LogP contribution in [0.1, 0.15) is 6.42 Å². The molecule has 0 radical (unpaired) electrons. The van der Waals surface area contributed by atoms with E-state index >= 15 is 0 Å². The largest absolute Gasteiger partial charge is 0.491 e. The molecule has 0 bridgehead atoms. The summed E-state index contributed by atoms with van der Waals surface area (Å²) in [6, 6.07) is 9.08. The SMILES string of the molecule is O=C(O)CC(O)COc1ccc2ncccc2c1. The lowest BCUT2D eigenvalue weighted by Gasteiger charge is -2.10. The highest BCUT2D eigenvalue weighted by atomic mass is 16.5. The van der Waals surface area contributed by atoms with Crippen molar-refractivity contribution in [2.75, 3.05) is 6.61 Å². The van der Waals surface area contributed by atoms with Crippen molar-refractivity contribution in [3.63, 3.8) is 0 Å². The third kappa shape index (κ3) is 3.18. The van der Waals surface area contributed by atoms with Gasteiger partial charge in [-0.05, 0) is 24.3 Å². The Morgan fingerprint density at radius 3 is 3.00 bits per heavy atom. The molecule has 94 valence electrons. The normalized spacial score (nSPS) is 12.3. The summed E-state index contributed by atoms with van der Waals surface area (Å²) >= 11 is 0. The van der Waals surface area contributed by atoms with E-state index in [0.29, 0.717) is 5.75 Å². The molecule has 2 rings (SSSR count). The second-order valence-electron chi connectivity index (χ2n) is 3.92. The first-order valence-electron chi connectivity index (χ1n) is 5.52. The summed E-state index contributed by atoms with van der Waals surface area (Å²) in [4.78, 5) is 14.5. The summed E-state index contributed by atoms with van der Waals surface area (Å²) in [5.41, 5.74) is 0.857. The molecule has 1 aromatic heterocycles. The van der Waals surface area contributed by atoms with E-state index in [0.717, 1.165) is 10.9 Å². The number of benzene rings is 1. The van der Waals surface area contributed by atoms with Gasteiger partial charge in [-0.1, -0.05) is 6.07 Å². The fourth-order valence-corrected chi connectivity index (χ4v) is 1.60. The minimum absolute atomic E-state index is 0.0436. The number of aliphatic hydroxyl groups is 1. The molecular formula is C13H13NO4. The van der Waals surface area contributed by atoms with Crippen LogP contribution in [0.4, 0.5) is 0 Å². The lowest BCUT2D eigenvalue weighted by atomic mass is 10.2. The number of ether oxygens (including phenoxy) is 1. The van der Waals surface area contributed by atoms with Crippen molar-refractivity contribution in [1.82, 2.24) is 4.98 Å². The molecule has 0 aliphatic rings. The number of carbonyl (C=O) groups is 1. The van der Waals surface area contributed by atoms with Crippen molar-refractivity contribution in [1.29, 1.82) is 0 Å². The van der Waals surface area contributed by atoms with E-state index < -0.39 is 12.1 Å². The molecule has 0 saturated heterocycles. The van der Waals surface area contributed by atoms with Crippen LogP contribution < -0.4 is 4.74 Å². The van der Waals surface area contributed by atoms with Crippen molar-refractivity contribution in [3.8, 4) is 5.75 Å². The zero-order valence-electron chi connectivity index (χ0n) is 9.61. The van der Waals surface area contributed by atoms with Crippen molar-refractivity contribution < 1.29 is 19.7 Å². The number of carboxylic acids is 1. The van der Waals surface area contributed by atoms with Gasteiger partial charge in [0.2, 0.25) is 0 Å². The molecule has 0 spiro atoms. The standard InChI is InChI=1S/C13H13NO4/c15-10(7-13(16)17)8-18-11-3-4-12-9(6-11)2-1-5-14-12/h1-6,10,15H,7-8H2,(H,16,17). The van der Waals surface area contributed by atoms with E-state index in [9.17, 15) is 9.90 Å². The summed E-state index contributed by atoms with van der Waals surface area (Å²) in [5, 5.41) is 18.8. The van der Waals surface area contributed by atoms with Crippen LogP contribution in [0.25, 0.3) is 10.9 Å². The summed E-state index contributed by atoms with van der Waals surface area (Å²) in [5.74, 6) is -0.464. The number of aliphatic carboxylic acids is 1. The molecule has 1 aromatic carbocycles. The molecule has 2 N–H and O–H groups in total. The van der Waals surface area contributed by atoms with Crippen molar-refractivity contribution in [3.05, 3.63) is 36.5 Å². The molecule has 1 unspecified atom stereocenters. The minimum Gasteiger partial charge on any atom is -0.491 e. The monoisotopic (exact) mass is 247 g/mol. The second-order valence-corrected chi connectivity index (χ2v) is 3.92. The highest BCUT2D eigenvalue weighted by Gasteiger charge is 2.10. The lowest BCUT2D eigenvalue weighted by molar-refractivity contribution is -0.139. The van der Waals surface area contributed by atoms with Crippen LogP contribution in [0.2, 0.25) is 0 Å². The van der Waals surface area contributed by atoms with Gasteiger partial charge in [0.05, 0.1) is 18.0 Å². The van der Waals surface area contributed by atoms with Gasteiger partial charge in [0.1, 0.15) is 12.4 Å². The Balaban J connectivity index is 2.01. The van der Waals surface area contributed by atoms with E-state index in [1.165, 1.54) is 0 Å². The second kappa shape index (κ2) is 5.46. The molecule has 5 nitrogen and oxygen atoms in total. The number of nitrogens with zero attached hydrogens (tertiary/aromatic N) is 1. The number of hydrogen-bond acceptors (Lipinski definition) is 4. The fraction of sp³-hybridized carbons (Fsp3) is 0.231. The molecule has 0 fully saturated rings. The average molecular weight is 247 g/mol. The third-order valence-corrected chi connectivity index (χ3v) is 2.43. The number of carboxylic acid groups (broad SMARTS) is 1. The van der Waals surface area contributed by atoms with E-state index in [2.05, 4.69) is 4.98 Å². The maximum Gasteiger partial charge on any atom is 0.306 e. The Morgan fingerprint density at radius 2 is 2.22 bits per heavy atom. The van der Waals surface area contributed by atoms with Crippen molar-refractivity contribution in [2.45, 2.75) is 12.5 Å². The molecule has 18 heavy (non-hydrogen) atoms. The molecular weight excluding hydrogens is 234 g/mol.